The van der Waals surface area contributed by atoms with Crippen LogP contribution in [0.4, 0.5) is 0 Å². The Morgan fingerprint density at radius 3 is 2.62 bits per heavy atom. The molecule has 0 aromatic heterocycles. The molecule has 124 valence electrons. The number of esters is 1. The average molecular weight is 298 g/mol. The molecule has 0 bridgehead atoms. The first kappa shape index (κ1) is 18.4. The average Bonchev–Trinajstić information content (AvgIpc) is 2.44. The molecular weight excluding hydrogens is 264 g/mol. The summed E-state index contributed by atoms with van der Waals surface area (Å²) in [5.74, 6) is -0.0593. The highest BCUT2D eigenvalue weighted by molar-refractivity contribution is 5.81. The molecule has 4 heteroatoms. The molecule has 4 nitrogen and oxygen atoms in total. The fourth-order valence-electron chi connectivity index (χ4n) is 3.64. The number of carbonyl (C=O) groups is 1. The Morgan fingerprint density at radius 1 is 1.38 bits per heavy atom. The lowest BCUT2D eigenvalue weighted by Gasteiger charge is -2.44. The van der Waals surface area contributed by atoms with Gasteiger partial charge in [-0.1, -0.05) is 13.8 Å². The molecule has 0 amide bonds. The van der Waals surface area contributed by atoms with Crippen molar-refractivity contribution in [2.24, 2.45) is 0 Å². The summed E-state index contributed by atoms with van der Waals surface area (Å²) in [6, 6.07) is 0.772. The summed E-state index contributed by atoms with van der Waals surface area (Å²) in [6.45, 7) is 13.2. The SMILES string of the molecule is CCCN(CC)C1CCCC(NC(C)C)(C(=O)OCC)C1. The lowest BCUT2D eigenvalue weighted by atomic mass is 9.77. The second-order valence-corrected chi connectivity index (χ2v) is 6.48. The highest BCUT2D eigenvalue weighted by Crippen LogP contribution is 2.33. The van der Waals surface area contributed by atoms with E-state index >= 15 is 0 Å². The van der Waals surface area contributed by atoms with Crippen molar-refractivity contribution in [1.82, 2.24) is 10.2 Å². The van der Waals surface area contributed by atoms with E-state index in [0.717, 1.165) is 38.8 Å². The minimum atomic E-state index is -0.492. The quantitative estimate of drug-likeness (QED) is 0.700. The Morgan fingerprint density at radius 2 is 2.10 bits per heavy atom. The summed E-state index contributed by atoms with van der Waals surface area (Å²) in [6.07, 6.45) is 5.20. The highest BCUT2D eigenvalue weighted by Gasteiger charge is 2.45. The maximum absolute atomic E-state index is 12.6. The Balaban J connectivity index is 2.88. The largest absolute Gasteiger partial charge is 0.465 e. The summed E-state index contributed by atoms with van der Waals surface area (Å²) in [4.78, 5) is 15.1. The zero-order valence-corrected chi connectivity index (χ0v) is 14.6. The molecule has 0 aromatic carbocycles. The Kier molecular flexibility index (Phi) is 7.67. The van der Waals surface area contributed by atoms with Crippen LogP contribution in [0.15, 0.2) is 0 Å². The Bertz CT molecular complexity index is 320. The van der Waals surface area contributed by atoms with Gasteiger partial charge in [0.15, 0.2) is 0 Å². The first-order valence-electron chi connectivity index (χ1n) is 8.68. The third kappa shape index (κ3) is 4.96. The predicted octanol–water partition coefficient (Wildman–Crippen LogP) is 2.96. The second-order valence-electron chi connectivity index (χ2n) is 6.48. The molecule has 0 spiro atoms. The molecule has 0 heterocycles. The van der Waals surface area contributed by atoms with Crippen LogP contribution >= 0.6 is 0 Å². The third-order valence-corrected chi connectivity index (χ3v) is 4.39. The van der Waals surface area contributed by atoms with Gasteiger partial charge in [-0.15, -0.1) is 0 Å². The Labute approximate surface area is 130 Å². The molecule has 0 aliphatic heterocycles. The van der Waals surface area contributed by atoms with Crippen molar-refractivity contribution in [2.75, 3.05) is 19.7 Å². The lowest BCUT2D eigenvalue weighted by molar-refractivity contribution is -0.154. The van der Waals surface area contributed by atoms with Gasteiger partial charge in [-0.2, -0.15) is 0 Å². The van der Waals surface area contributed by atoms with Crippen LogP contribution in [0.1, 0.15) is 66.7 Å². The molecule has 2 atom stereocenters. The molecule has 1 fully saturated rings. The van der Waals surface area contributed by atoms with Crippen LogP contribution in [-0.4, -0.2) is 48.2 Å². The number of hydrogen-bond acceptors (Lipinski definition) is 4. The monoisotopic (exact) mass is 298 g/mol. The topological polar surface area (TPSA) is 41.6 Å². The van der Waals surface area contributed by atoms with Crippen molar-refractivity contribution >= 4 is 5.97 Å². The van der Waals surface area contributed by atoms with Crippen LogP contribution < -0.4 is 5.32 Å². The molecule has 1 N–H and O–H groups in total. The molecule has 0 aromatic rings. The van der Waals surface area contributed by atoms with Gasteiger partial charge < -0.3 is 9.64 Å². The summed E-state index contributed by atoms with van der Waals surface area (Å²) < 4.78 is 5.39. The molecule has 2 unspecified atom stereocenters. The molecule has 1 saturated carbocycles. The van der Waals surface area contributed by atoms with Crippen LogP contribution in [0.25, 0.3) is 0 Å². The fraction of sp³-hybridized carbons (Fsp3) is 0.941. The maximum Gasteiger partial charge on any atom is 0.326 e. The maximum atomic E-state index is 12.6. The van der Waals surface area contributed by atoms with Gasteiger partial charge in [-0.25, -0.2) is 0 Å². The summed E-state index contributed by atoms with van der Waals surface area (Å²) >= 11 is 0. The molecule has 0 radical (unpaired) electrons. The molecule has 0 saturated heterocycles. The van der Waals surface area contributed by atoms with E-state index in [2.05, 4.69) is 37.9 Å². The van der Waals surface area contributed by atoms with E-state index in [1.807, 2.05) is 6.92 Å². The molecule has 21 heavy (non-hydrogen) atoms. The number of nitrogens with one attached hydrogen (secondary N) is 1. The summed E-state index contributed by atoms with van der Waals surface area (Å²) in [5.41, 5.74) is -0.492. The normalized spacial score (nSPS) is 26.3. The van der Waals surface area contributed by atoms with Crippen LogP contribution in [0.3, 0.4) is 0 Å². The number of rotatable bonds is 8. The molecular formula is C17H34N2O2. The van der Waals surface area contributed by atoms with E-state index in [4.69, 9.17) is 4.74 Å². The first-order valence-corrected chi connectivity index (χ1v) is 8.68. The molecule has 1 aliphatic carbocycles. The van der Waals surface area contributed by atoms with Crippen molar-refractivity contribution < 1.29 is 9.53 Å². The van der Waals surface area contributed by atoms with Crippen molar-refractivity contribution in [3.05, 3.63) is 0 Å². The number of ether oxygens (including phenoxy) is 1. The van der Waals surface area contributed by atoms with Crippen molar-refractivity contribution in [1.29, 1.82) is 0 Å². The number of nitrogens with zero attached hydrogens (tertiary/aromatic N) is 1. The van der Waals surface area contributed by atoms with Crippen LogP contribution in [0.2, 0.25) is 0 Å². The van der Waals surface area contributed by atoms with Gasteiger partial charge in [0.2, 0.25) is 0 Å². The third-order valence-electron chi connectivity index (χ3n) is 4.39. The lowest BCUT2D eigenvalue weighted by Crippen LogP contribution is -2.60. The number of carbonyl (C=O) groups excluding carboxylic acids is 1. The van der Waals surface area contributed by atoms with Crippen molar-refractivity contribution in [3.8, 4) is 0 Å². The van der Waals surface area contributed by atoms with E-state index < -0.39 is 5.54 Å². The van der Waals surface area contributed by atoms with Crippen LogP contribution in [0.5, 0.6) is 0 Å². The summed E-state index contributed by atoms with van der Waals surface area (Å²) in [7, 11) is 0. The molecule has 1 aliphatic rings. The van der Waals surface area contributed by atoms with Gasteiger partial charge in [0.1, 0.15) is 5.54 Å². The van der Waals surface area contributed by atoms with E-state index in [9.17, 15) is 4.79 Å². The fourth-order valence-corrected chi connectivity index (χ4v) is 3.64. The number of hydrogen-bond donors (Lipinski definition) is 1. The van der Waals surface area contributed by atoms with Gasteiger partial charge in [0.05, 0.1) is 6.61 Å². The zero-order chi connectivity index (χ0) is 15.9. The van der Waals surface area contributed by atoms with Crippen LogP contribution in [0, 0.1) is 0 Å². The van der Waals surface area contributed by atoms with Gasteiger partial charge in [0, 0.05) is 12.1 Å². The first-order chi connectivity index (χ1) is 9.99. The van der Waals surface area contributed by atoms with Crippen molar-refractivity contribution in [3.63, 3.8) is 0 Å². The van der Waals surface area contributed by atoms with Crippen molar-refractivity contribution in [2.45, 2.75) is 84.3 Å². The van der Waals surface area contributed by atoms with Gasteiger partial charge >= 0.3 is 5.97 Å². The highest BCUT2D eigenvalue weighted by atomic mass is 16.5. The summed E-state index contributed by atoms with van der Waals surface area (Å²) in [5, 5.41) is 3.53. The van der Waals surface area contributed by atoms with Crippen LogP contribution in [-0.2, 0) is 9.53 Å². The Hall–Kier alpha value is -0.610. The standard InChI is InChI=1S/C17H34N2O2/c1-6-12-19(7-2)15-10-9-11-17(13-15,18-14(4)5)16(20)21-8-3/h14-15,18H,6-13H2,1-5H3. The van der Waals surface area contributed by atoms with Gasteiger partial charge in [-0.3, -0.25) is 10.1 Å². The zero-order valence-electron chi connectivity index (χ0n) is 14.6. The second kappa shape index (κ2) is 8.74. The van der Waals surface area contributed by atoms with E-state index in [-0.39, 0.29) is 12.0 Å². The van der Waals surface area contributed by atoms with Gasteiger partial charge in [0.25, 0.3) is 0 Å². The van der Waals surface area contributed by atoms with E-state index in [1.54, 1.807) is 0 Å². The minimum absolute atomic E-state index is 0.0593. The van der Waals surface area contributed by atoms with E-state index in [1.165, 1.54) is 6.42 Å². The minimum Gasteiger partial charge on any atom is -0.465 e. The molecule has 1 rings (SSSR count). The predicted molar refractivity (Wildman–Crippen MR) is 87.4 cm³/mol. The smallest absolute Gasteiger partial charge is 0.326 e. The van der Waals surface area contributed by atoms with E-state index in [0.29, 0.717) is 12.6 Å². The van der Waals surface area contributed by atoms with Gasteiger partial charge in [-0.05, 0) is 66.0 Å².